The van der Waals surface area contributed by atoms with E-state index < -0.39 is 24.2 Å². The highest BCUT2D eigenvalue weighted by molar-refractivity contribution is 5.87. The van der Waals surface area contributed by atoms with E-state index in [2.05, 4.69) is 9.72 Å². The predicted molar refractivity (Wildman–Crippen MR) is 83.8 cm³/mol. The molecule has 0 aliphatic carbocycles. The number of esters is 1. The lowest BCUT2D eigenvalue weighted by Crippen LogP contribution is -2.56. The van der Waals surface area contributed by atoms with E-state index in [1.165, 1.54) is 29.2 Å². The van der Waals surface area contributed by atoms with Crippen LogP contribution in [0.15, 0.2) is 18.3 Å². The lowest BCUT2D eigenvalue weighted by molar-refractivity contribution is 0.0562. The Morgan fingerprint density at radius 2 is 2.00 bits per heavy atom. The molecule has 2 amide bonds. The summed E-state index contributed by atoms with van der Waals surface area (Å²) >= 11 is 0. The second-order valence-electron chi connectivity index (χ2n) is 5.37. The maximum atomic E-state index is 11.3. The van der Waals surface area contributed by atoms with Gasteiger partial charge in [-0.2, -0.15) is 0 Å². The fourth-order valence-electron chi connectivity index (χ4n) is 2.53. The second-order valence-corrected chi connectivity index (χ2v) is 5.37. The fourth-order valence-corrected chi connectivity index (χ4v) is 2.53. The number of pyridine rings is 1. The molecule has 1 aliphatic heterocycles. The van der Waals surface area contributed by atoms with Gasteiger partial charge in [0.15, 0.2) is 0 Å². The van der Waals surface area contributed by atoms with Gasteiger partial charge in [0.05, 0.1) is 26.0 Å². The molecule has 1 saturated heterocycles. The molecular formula is C15H19N3O7. The molecule has 2 N–H and O–H groups in total. The van der Waals surface area contributed by atoms with Crippen LogP contribution in [0.4, 0.5) is 9.59 Å². The molecule has 1 aromatic heterocycles. The number of hydrogen-bond donors (Lipinski definition) is 2. The van der Waals surface area contributed by atoms with Crippen molar-refractivity contribution in [1.29, 1.82) is 0 Å². The Kier molecular flexibility index (Phi) is 5.98. The molecule has 0 unspecified atom stereocenters. The van der Waals surface area contributed by atoms with Gasteiger partial charge in [0.2, 0.25) is 0 Å². The van der Waals surface area contributed by atoms with Crippen molar-refractivity contribution >= 4 is 18.2 Å². The summed E-state index contributed by atoms with van der Waals surface area (Å²) in [5.74, 6) is -0.139. The van der Waals surface area contributed by atoms with E-state index in [0.29, 0.717) is 12.2 Å². The molecular weight excluding hydrogens is 334 g/mol. The van der Waals surface area contributed by atoms with E-state index in [9.17, 15) is 19.5 Å². The third-order valence-electron chi connectivity index (χ3n) is 3.85. The normalized spacial score (nSPS) is 17.1. The number of hydrogen-bond acceptors (Lipinski definition) is 6. The van der Waals surface area contributed by atoms with E-state index in [4.69, 9.17) is 9.84 Å². The first-order valence-electron chi connectivity index (χ1n) is 7.57. The molecule has 1 atom stereocenters. The monoisotopic (exact) mass is 353 g/mol. The fraction of sp³-hybridized carbons (Fsp3) is 0.467. The van der Waals surface area contributed by atoms with Crippen LogP contribution in [0.3, 0.4) is 0 Å². The lowest BCUT2D eigenvalue weighted by Gasteiger charge is -2.38. The Balaban J connectivity index is 1.90. The molecule has 0 aromatic carbocycles. The Morgan fingerprint density at radius 3 is 2.56 bits per heavy atom. The number of carbonyl (C=O) groups is 3. The van der Waals surface area contributed by atoms with Crippen LogP contribution < -0.4 is 4.74 Å². The highest BCUT2D eigenvalue weighted by Gasteiger charge is 2.32. The number of carboxylic acid groups (broad SMARTS) is 2. The van der Waals surface area contributed by atoms with Crippen LogP contribution in [0.5, 0.6) is 5.75 Å². The Labute approximate surface area is 143 Å². The number of aromatic nitrogens is 1. The van der Waals surface area contributed by atoms with Crippen LogP contribution in [0.2, 0.25) is 0 Å². The molecule has 10 heteroatoms. The van der Waals surface area contributed by atoms with E-state index in [1.54, 1.807) is 6.07 Å². The van der Waals surface area contributed by atoms with Gasteiger partial charge < -0.3 is 29.5 Å². The number of methoxy groups -OCH3 is 1. The zero-order valence-corrected chi connectivity index (χ0v) is 13.6. The van der Waals surface area contributed by atoms with Crippen LogP contribution in [0.25, 0.3) is 0 Å². The third kappa shape index (κ3) is 4.72. The van der Waals surface area contributed by atoms with Gasteiger partial charge in [-0.25, -0.2) is 19.4 Å². The minimum Gasteiger partial charge on any atom is -0.492 e. The highest BCUT2D eigenvalue weighted by atomic mass is 16.5. The summed E-state index contributed by atoms with van der Waals surface area (Å²) in [5.41, 5.74) is 0.149. The smallest absolute Gasteiger partial charge is 0.407 e. The van der Waals surface area contributed by atoms with E-state index >= 15 is 0 Å². The van der Waals surface area contributed by atoms with Crippen molar-refractivity contribution in [2.45, 2.75) is 12.5 Å². The third-order valence-corrected chi connectivity index (χ3v) is 3.85. The minimum atomic E-state index is -1.08. The van der Waals surface area contributed by atoms with E-state index in [-0.39, 0.29) is 31.9 Å². The number of ether oxygens (including phenoxy) is 2. The SMILES string of the molecule is COC(=O)c1ccc(OCC[C@@H]2CN(C(=O)O)CCN2C(=O)O)cn1. The summed E-state index contributed by atoms with van der Waals surface area (Å²) < 4.78 is 10.0. The Bertz CT molecular complexity index is 635. The van der Waals surface area contributed by atoms with Gasteiger partial charge in [-0.3, -0.25) is 0 Å². The summed E-state index contributed by atoms with van der Waals surface area (Å²) in [6, 6.07) is 2.53. The molecule has 2 heterocycles. The molecule has 0 spiro atoms. The minimum absolute atomic E-state index is 0.102. The van der Waals surface area contributed by atoms with Gasteiger partial charge in [-0.05, 0) is 12.1 Å². The summed E-state index contributed by atoms with van der Waals surface area (Å²) in [4.78, 5) is 39.9. The van der Waals surface area contributed by atoms with Crippen LogP contribution in [-0.2, 0) is 4.74 Å². The van der Waals surface area contributed by atoms with Crippen molar-refractivity contribution in [2.75, 3.05) is 33.4 Å². The van der Waals surface area contributed by atoms with Gasteiger partial charge in [-0.15, -0.1) is 0 Å². The lowest BCUT2D eigenvalue weighted by atomic mass is 10.1. The number of carbonyl (C=O) groups excluding carboxylic acids is 1. The Hall–Kier alpha value is -3.04. The molecule has 1 fully saturated rings. The van der Waals surface area contributed by atoms with Crippen molar-refractivity contribution in [3.63, 3.8) is 0 Å². The maximum Gasteiger partial charge on any atom is 0.407 e. The zero-order valence-electron chi connectivity index (χ0n) is 13.6. The molecule has 1 aromatic rings. The van der Waals surface area contributed by atoms with Crippen molar-refractivity contribution in [2.24, 2.45) is 0 Å². The number of nitrogens with zero attached hydrogens (tertiary/aromatic N) is 3. The predicted octanol–water partition coefficient (Wildman–Crippen LogP) is 0.979. The second kappa shape index (κ2) is 8.18. The maximum absolute atomic E-state index is 11.3. The number of amides is 2. The van der Waals surface area contributed by atoms with Gasteiger partial charge in [0.1, 0.15) is 11.4 Å². The summed E-state index contributed by atoms with van der Waals surface area (Å²) in [5, 5.41) is 18.3. The summed E-state index contributed by atoms with van der Waals surface area (Å²) in [6.45, 7) is 0.561. The first kappa shape index (κ1) is 18.3. The molecule has 2 rings (SSSR count). The van der Waals surface area contributed by atoms with Crippen LogP contribution in [-0.4, -0.2) is 82.5 Å². The topological polar surface area (TPSA) is 130 Å². The molecule has 136 valence electrons. The average molecular weight is 353 g/mol. The van der Waals surface area contributed by atoms with Crippen LogP contribution in [0, 0.1) is 0 Å². The first-order chi connectivity index (χ1) is 11.9. The molecule has 0 saturated carbocycles. The number of piperazine rings is 1. The Morgan fingerprint density at radius 1 is 1.24 bits per heavy atom. The van der Waals surface area contributed by atoms with E-state index in [1.807, 2.05) is 0 Å². The summed E-state index contributed by atoms with van der Waals surface area (Å²) in [6.07, 6.45) is -0.460. The zero-order chi connectivity index (χ0) is 18.4. The van der Waals surface area contributed by atoms with Crippen LogP contribution in [0.1, 0.15) is 16.9 Å². The molecule has 10 nitrogen and oxygen atoms in total. The van der Waals surface area contributed by atoms with Gasteiger partial charge in [0, 0.05) is 26.1 Å². The van der Waals surface area contributed by atoms with Gasteiger partial charge in [0.25, 0.3) is 0 Å². The van der Waals surface area contributed by atoms with Crippen molar-refractivity contribution in [1.82, 2.24) is 14.8 Å². The van der Waals surface area contributed by atoms with Crippen LogP contribution >= 0.6 is 0 Å². The highest BCUT2D eigenvalue weighted by Crippen LogP contribution is 2.15. The van der Waals surface area contributed by atoms with E-state index in [0.717, 1.165) is 0 Å². The quantitative estimate of drug-likeness (QED) is 0.749. The average Bonchev–Trinajstić information content (AvgIpc) is 2.61. The van der Waals surface area contributed by atoms with Crippen molar-refractivity contribution < 1.29 is 34.1 Å². The standard InChI is InChI=1S/C15H19N3O7/c1-24-13(19)12-3-2-11(8-16-12)25-7-4-10-9-17(14(20)21)5-6-18(10)15(22)23/h2-3,8,10H,4-7,9H2,1H3,(H,20,21)(H,22,23)/t10-/m1/s1. The first-order valence-corrected chi connectivity index (χ1v) is 7.57. The molecule has 25 heavy (non-hydrogen) atoms. The molecule has 1 aliphatic rings. The summed E-state index contributed by atoms with van der Waals surface area (Å²) in [7, 11) is 1.26. The van der Waals surface area contributed by atoms with Gasteiger partial charge >= 0.3 is 18.2 Å². The van der Waals surface area contributed by atoms with Gasteiger partial charge in [-0.1, -0.05) is 0 Å². The van der Waals surface area contributed by atoms with Crippen molar-refractivity contribution in [3.05, 3.63) is 24.0 Å². The van der Waals surface area contributed by atoms with Crippen molar-refractivity contribution in [3.8, 4) is 5.75 Å². The molecule has 0 bridgehead atoms. The largest absolute Gasteiger partial charge is 0.492 e. The number of rotatable bonds is 5. The molecule has 0 radical (unpaired) electrons.